The Kier molecular flexibility index (Phi) is 3.84. The fourth-order valence-corrected chi connectivity index (χ4v) is 2.40. The summed E-state index contributed by atoms with van der Waals surface area (Å²) in [5.74, 6) is 0. The number of hydrogen-bond acceptors (Lipinski definition) is 5. The number of halogens is 3. The van der Waals surface area contributed by atoms with Crippen molar-refractivity contribution in [3.8, 4) is 0 Å². The largest absolute Gasteiger partial charge is 0.522 e. The van der Waals surface area contributed by atoms with Gasteiger partial charge in [-0.2, -0.15) is 12.7 Å². The van der Waals surface area contributed by atoms with E-state index in [0.717, 1.165) is 0 Å². The van der Waals surface area contributed by atoms with Crippen LogP contribution in [0.15, 0.2) is 0 Å². The Morgan fingerprint density at radius 1 is 1.53 bits per heavy atom. The molecule has 11 heteroatoms. The highest BCUT2D eigenvalue weighted by molar-refractivity contribution is 7.85. The van der Waals surface area contributed by atoms with Crippen LogP contribution in [0.3, 0.4) is 0 Å². The summed E-state index contributed by atoms with van der Waals surface area (Å²) < 4.78 is 64.6. The van der Waals surface area contributed by atoms with E-state index < -0.39 is 48.4 Å². The summed E-state index contributed by atoms with van der Waals surface area (Å²) in [5, 5.41) is 8.58. The van der Waals surface area contributed by atoms with E-state index in [1.54, 1.807) is 0 Å². The highest BCUT2D eigenvalue weighted by Gasteiger charge is 2.43. The molecule has 0 bridgehead atoms. The molecule has 0 spiro atoms. The summed E-state index contributed by atoms with van der Waals surface area (Å²) in [7, 11) is -4.40. The molecule has 1 amide bonds. The first-order chi connectivity index (χ1) is 7.63. The van der Waals surface area contributed by atoms with Crippen molar-refractivity contribution in [3.05, 3.63) is 0 Å². The van der Waals surface area contributed by atoms with Crippen molar-refractivity contribution in [2.45, 2.75) is 18.8 Å². The number of carboxylic acid groups (broad SMARTS) is 1. The number of amides is 1. The molecule has 0 aromatic carbocycles. The molecular formula is C6H8F3NO6S. The Morgan fingerprint density at radius 3 is 2.59 bits per heavy atom. The molecule has 100 valence electrons. The number of ether oxygens (including phenoxy) is 1. The van der Waals surface area contributed by atoms with Gasteiger partial charge in [0.25, 0.3) is 0 Å². The van der Waals surface area contributed by atoms with Gasteiger partial charge in [-0.1, -0.05) is 0 Å². The molecule has 1 fully saturated rings. The van der Waals surface area contributed by atoms with Crippen LogP contribution in [0, 0.1) is 0 Å². The summed E-state index contributed by atoms with van der Waals surface area (Å²) in [5.41, 5.74) is 0. The van der Waals surface area contributed by atoms with Gasteiger partial charge in [0.2, 0.25) is 0 Å². The maximum absolute atomic E-state index is 11.6. The van der Waals surface area contributed by atoms with Gasteiger partial charge >= 0.3 is 22.8 Å². The molecule has 0 aromatic heterocycles. The predicted molar refractivity (Wildman–Crippen MR) is 45.1 cm³/mol. The first-order valence-electron chi connectivity index (χ1n) is 4.26. The average Bonchev–Trinajstić information content (AvgIpc) is 2.39. The molecule has 1 heterocycles. The minimum absolute atomic E-state index is 0.0211. The Bertz CT molecular complexity index is 393. The number of carbonyl (C=O) groups is 1. The molecule has 1 atom stereocenters. The molecular weight excluding hydrogens is 271 g/mol. The Balaban J connectivity index is 2.58. The van der Waals surface area contributed by atoms with Crippen molar-refractivity contribution in [2.75, 3.05) is 13.2 Å². The number of rotatable bonds is 3. The standard InChI is InChI=1S/C6H8F3NO6S/c7-6(8,9)15-2-1-4-3-16-17(13,14)10(4)5(11)12/h4H,1-3H2,(H,11,12). The topological polar surface area (TPSA) is 93.1 Å². The maximum atomic E-state index is 11.6. The van der Waals surface area contributed by atoms with Gasteiger partial charge in [-0.05, 0) is 6.42 Å². The summed E-state index contributed by atoms with van der Waals surface area (Å²) in [6.45, 7) is -1.37. The minimum Gasteiger partial charge on any atom is -0.464 e. The monoisotopic (exact) mass is 279 g/mol. The molecule has 0 radical (unpaired) electrons. The smallest absolute Gasteiger partial charge is 0.464 e. The van der Waals surface area contributed by atoms with Gasteiger partial charge in [-0.25, -0.2) is 4.79 Å². The van der Waals surface area contributed by atoms with Gasteiger partial charge < -0.3 is 5.11 Å². The molecule has 1 aliphatic heterocycles. The van der Waals surface area contributed by atoms with Gasteiger partial charge in [-0.3, -0.25) is 8.92 Å². The molecule has 1 unspecified atom stereocenters. The van der Waals surface area contributed by atoms with Gasteiger partial charge in [-0.15, -0.1) is 13.2 Å². The Hall–Kier alpha value is -1.07. The van der Waals surface area contributed by atoms with E-state index in [1.807, 2.05) is 0 Å². The zero-order valence-corrected chi connectivity index (χ0v) is 8.99. The van der Waals surface area contributed by atoms with Gasteiger partial charge in [0.05, 0.1) is 19.3 Å². The quantitative estimate of drug-likeness (QED) is 0.810. The third-order valence-electron chi connectivity index (χ3n) is 1.89. The Morgan fingerprint density at radius 2 is 2.12 bits per heavy atom. The lowest BCUT2D eigenvalue weighted by Crippen LogP contribution is -2.39. The minimum atomic E-state index is -4.84. The van der Waals surface area contributed by atoms with Crippen LogP contribution in [0.4, 0.5) is 18.0 Å². The van der Waals surface area contributed by atoms with Gasteiger partial charge in [0.1, 0.15) is 0 Å². The molecule has 17 heavy (non-hydrogen) atoms. The van der Waals surface area contributed by atoms with Crippen LogP contribution < -0.4 is 0 Å². The van der Waals surface area contributed by atoms with Crippen LogP contribution in [0.2, 0.25) is 0 Å². The predicted octanol–water partition coefficient (Wildman–Crippen LogP) is 0.536. The lowest BCUT2D eigenvalue weighted by molar-refractivity contribution is -0.325. The summed E-state index contributed by atoms with van der Waals surface area (Å²) >= 11 is 0. The van der Waals surface area contributed by atoms with Crippen LogP contribution in [-0.4, -0.2) is 49.5 Å². The number of hydrogen-bond donors (Lipinski definition) is 1. The summed E-state index contributed by atoms with van der Waals surface area (Å²) in [6, 6.07) is -1.21. The first-order valence-corrected chi connectivity index (χ1v) is 5.62. The zero-order valence-electron chi connectivity index (χ0n) is 8.18. The molecule has 1 saturated heterocycles. The van der Waals surface area contributed by atoms with Gasteiger partial charge in [0.15, 0.2) is 0 Å². The highest BCUT2D eigenvalue weighted by Crippen LogP contribution is 2.23. The third kappa shape index (κ3) is 3.71. The fraction of sp³-hybridized carbons (Fsp3) is 0.833. The second kappa shape index (κ2) is 4.66. The normalized spacial score (nSPS) is 23.9. The fourth-order valence-electron chi connectivity index (χ4n) is 1.23. The average molecular weight is 279 g/mol. The lowest BCUT2D eigenvalue weighted by Gasteiger charge is -2.17. The number of nitrogens with zero attached hydrogens (tertiary/aromatic N) is 1. The van der Waals surface area contributed by atoms with Crippen molar-refractivity contribution in [1.29, 1.82) is 0 Å². The second-order valence-electron chi connectivity index (χ2n) is 3.06. The highest BCUT2D eigenvalue weighted by atomic mass is 32.2. The zero-order chi connectivity index (χ0) is 13.3. The Labute approximate surface area is 94.0 Å². The van der Waals surface area contributed by atoms with E-state index >= 15 is 0 Å². The summed E-state index contributed by atoms with van der Waals surface area (Å²) in [4.78, 5) is 10.6. The maximum Gasteiger partial charge on any atom is 0.522 e. The van der Waals surface area contributed by atoms with E-state index in [4.69, 9.17) is 5.11 Å². The second-order valence-corrected chi connectivity index (χ2v) is 4.54. The van der Waals surface area contributed by atoms with E-state index in [0.29, 0.717) is 0 Å². The number of alkyl halides is 3. The van der Waals surface area contributed by atoms with Crippen LogP contribution in [0.5, 0.6) is 0 Å². The first kappa shape index (κ1) is 14.0. The molecule has 1 rings (SSSR count). The molecule has 0 saturated carbocycles. The van der Waals surface area contributed by atoms with E-state index in [9.17, 15) is 26.4 Å². The van der Waals surface area contributed by atoms with Crippen LogP contribution in [-0.2, 0) is 19.2 Å². The molecule has 1 N–H and O–H groups in total. The van der Waals surface area contributed by atoms with E-state index in [2.05, 4.69) is 8.92 Å². The van der Waals surface area contributed by atoms with E-state index in [-0.39, 0.29) is 4.31 Å². The van der Waals surface area contributed by atoms with E-state index in [1.165, 1.54) is 0 Å². The van der Waals surface area contributed by atoms with Gasteiger partial charge in [0, 0.05) is 0 Å². The molecule has 1 aliphatic rings. The van der Waals surface area contributed by atoms with Crippen LogP contribution >= 0.6 is 0 Å². The molecule has 7 nitrogen and oxygen atoms in total. The van der Waals surface area contributed by atoms with Crippen LogP contribution in [0.1, 0.15) is 6.42 Å². The van der Waals surface area contributed by atoms with Crippen molar-refractivity contribution in [1.82, 2.24) is 4.31 Å². The molecule has 0 aromatic rings. The van der Waals surface area contributed by atoms with Crippen molar-refractivity contribution in [2.24, 2.45) is 0 Å². The third-order valence-corrected chi connectivity index (χ3v) is 3.26. The van der Waals surface area contributed by atoms with Crippen molar-refractivity contribution in [3.63, 3.8) is 0 Å². The molecule has 0 aliphatic carbocycles. The SMILES string of the molecule is O=C(O)N1C(CCOC(F)(F)F)COS1(=O)=O. The van der Waals surface area contributed by atoms with Crippen molar-refractivity contribution >= 4 is 16.4 Å². The van der Waals surface area contributed by atoms with Crippen LogP contribution in [0.25, 0.3) is 0 Å². The van der Waals surface area contributed by atoms with Crippen molar-refractivity contribution < 1.29 is 40.4 Å². The summed E-state index contributed by atoms with van der Waals surface area (Å²) in [6.07, 6.45) is -7.09. The lowest BCUT2D eigenvalue weighted by atomic mass is 10.2.